The van der Waals surface area contributed by atoms with Gasteiger partial charge in [-0.15, -0.1) is 13.2 Å². The fourth-order valence-corrected chi connectivity index (χ4v) is 5.34. The fourth-order valence-electron chi connectivity index (χ4n) is 5.10. The third-order valence-corrected chi connectivity index (χ3v) is 6.39. The molecule has 6 nitrogen and oxygen atoms in total. The van der Waals surface area contributed by atoms with E-state index in [-0.39, 0.29) is 27.8 Å². The molecule has 1 heterocycles. The zero-order chi connectivity index (χ0) is 24.8. The molecule has 1 aliphatic carbocycles. The van der Waals surface area contributed by atoms with E-state index in [9.17, 15) is 23.1 Å². The first-order valence-electron chi connectivity index (χ1n) is 10.9. The molecule has 0 spiro atoms. The lowest BCUT2D eigenvalue weighted by atomic mass is 9.70. The maximum absolute atomic E-state index is 12.5. The number of hydrogen-bond donors (Lipinski definition) is 2. The van der Waals surface area contributed by atoms with Gasteiger partial charge in [0.05, 0.1) is 21.6 Å². The fraction of sp³-hybridized carbons (Fsp3) is 0.417. The number of imidazole rings is 1. The highest BCUT2D eigenvalue weighted by Gasteiger charge is 2.35. The molecular weight excluding hydrogens is 471 g/mol. The summed E-state index contributed by atoms with van der Waals surface area (Å²) in [6, 6.07) is 8.50. The second-order valence-corrected chi connectivity index (χ2v) is 10.1. The number of carboxylic acids is 1. The topological polar surface area (TPSA) is 76.4 Å². The first-order valence-corrected chi connectivity index (χ1v) is 11.3. The van der Waals surface area contributed by atoms with Crippen molar-refractivity contribution in [2.75, 3.05) is 5.32 Å². The molecule has 1 aromatic heterocycles. The summed E-state index contributed by atoms with van der Waals surface area (Å²) in [5, 5.41) is 12.8. The minimum Gasteiger partial charge on any atom is -0.478 e. The van der Waals surface area contributed by atoms with Gasteiger partial charge in [-0.2, -0.15) is 0 Å². The van der Waals surface area contributed by atoms with Crippen molar-refractivity contribution in [3.8, 4) is 5.75 Å². The molecule has 0 amide bonds. The number of hydrogen-bond acceptors (Lipinski definition) is 4. The molecule has 0 radical (unpaired) electrons. The van der Waals surface area contributed by atoms with Gasteiger partial charge < -0.3 is 19.7 Å². The van der Waals surface area contributed by atoms with Crippen LogP contribution in [-0.2, 0) is 0 Å². The van der Waals surface area contributed by atoms with Gasteiger partial charge in [0.2, 0.25) is 5.95 Å². The Kier molecular flexibility index (Phi) is 6.18. The summed E-state index contributed by atoms with van der Waals surface area (Å²) in [5.41, 5.74) is 1.73. The first kappa shape index (κ1) is 24.2. The molecule has 4 rings (SSSR count). The molecule has 1 saturated carbocycles. The van der Waals surface area contributed by atoms with E-state index in [1.807, 2.05) is 4.57 Å². The van der Waals surface area contributed by atoms with Crippen molar-refractivity contribution < 1.29 is 27.8 Å². The predicted octanol–water partition coefficient (Wildman–Crippen LogP) is 7.42. The standard InChI is InChI=1S/C24H25ClF3N3O3/c1-13-8-15(12-23(2,3)11-13)31-20-10-18(25)17(21(32)33)9-19(20)30-22(31)29-14-4-6-16(7-5-14)34-24(26,27)28/h4-7,9-10,13,15H,8,11-12H2,1-3H3,(H,29,30)(H,32,33)/t13-,15+/m0/s1. The largest absolute Gasteiger partial charge is 0.573 e. The van der Waals surface area contributed by atoms with E-state index in [2.05, 4.69) is 35.8 Å². The third kappa shape index (κ3) is 5.24. The monoisotopic (exact) mass is 495 g/mol. The number of ether oxygens (including phenoxy) is 1. The summed E-state index contributed by atoms with van der Waals surface area (Å²) < 4.78 is 43.4. The van der Waals surface area contributed by atoms with Crippen LogP contribution in [0.1, 0.15) is 56.4 Å². The number of benzene rings is 2. The normalized spacial score (nSPS) is 20.3. The molecule has 0 aliphatic heterocycles. The molecule has 2 aromatic carbocycles. The Morgan fingerprint density at radius 3 is 2.50 bits per heavy atom. The number of anilines is 2. The van der Waals surface area contributed by atoms with Crippen molar-refractivity contribution in [2.24, 2.45) is 11.3 Å². The van der Waals surface area contributed by atoms with Crippen LogP contribution in [0, 0.1) is 11.3 Å². The molecule has 0 saturated heterocycles. The molecule has 3 aromatic rings. The lowest BCUT2D eigenvalue weighted by Crippen LogP contribution is -2.29. The number of aromatic carboxylic acids is 1. The highest BCUT2D eigenvalue weighted by atomic mass is 35.5. The summed E-state index contributed by atoms with van der Waals surface area (Å²) in [5.74, 6) is -0.546. The summed E-state index contributed by atoms with van der Waals surface area (Å²) in [4.78, 5) is 16.2. The molecule has 0 bridgehead atoms. The molecule has 1 aliphatic rings. The number of rotatable bonds is 5. The van der Waals surface area contributed by atoms with Gasteiger partial charge in [-0.1, -0.05) is 32.4 Å². The van der Waals surface area contributed by atoms with Crippen LogP contribution in [0.4, 0.5) is 24.8 Å². The Labute approximate surface area is 199 Å². The summed E-state index contributed by atoms with van der Waals surface area (Å²) in [7, 11) is 0. The van der Waals surface area contributed by atoms with Crippen molar-refractivity contribution in [3.05, 3.63) is 47.0 Å². The van der Waals surface area contributed by atoms with E-state index in [1.54, 1.807) is 6.07 Å². The Morgan fingerprint density at radius 1 is 1.24 bits per heavy atom. The zero-order valence-corrected chi connectivity index (χ0v) is 19.7. The number of nitrogens with zero attached hydrogens (tertiary/aromatic N) is 2. The van der Waals surface area contributed by atoms with Crippen molar-refractivity contribution in [1.29, 1.82) is 0 Å². The van der Waals surface area contributed by atoms with Gasteiger partial charge in [0.25, 0.3) is 0 Å². The Morgan fingerprint density at radius 2 is 1.91 bits per heavy atom. The van der Waals surface area contributed by atoms with Crippen LogP contribution < -0.4 is 10.1 Å². The van der Waals surface area contributed by atoms with E-state index >= 15 is 0 Å². The van der Waals surface area contributed by atoms with Gasteiger partial charge in [0.1, 0.15) is 5.75 Å². The lowest BCUT2D eigenvalue weighted by molar-refractivity contribution is -0.274. The first-order chi connectivity index (χ1) is 15.8. The lowest BCUT2D eigenvalue weighted by Gasteiger charge is -2.40. The van der Waals surface area contributed by atoms with E-state index in [0.29, 0.717) is 28.6 Å². The molecular formula is C24H25ClF3N3O3. The predicted molar refractivity (Wildman–Crippen MR) is 124 cm³/mol. The second kappa shape index (κ2) is 8.69. The highest BCUT2D eigenvalue weighted by molar-refractivity contribution is 6.34. The SMILES string of the molecule is C[C@H]1C[C@@H](n2c(Nc3ccc(OC(F)(F)F)cc3)nc3cc(C(=O)O)c(Cl)cc32)CC(C)(C)C1. The molecule has 2 N–H and O–H groups in total. The summed E-state index contributed by atoms with van der Waals surface area (Å²) in [6.45, 7) is 6.64. The van der Waals surface area contributed by atoms with Crippen molar-refractivity contribution in [3.63, 3.8) is 0 Å². The number of alkyl halides is 3. The number of carboxylic acid groups (broad SMARTS) is 1. The van der Waals surface area contributed by atoms with Crippen LogP contribution in [0.25, 0.3) is 11.0 Å². The number of halogens is 4. The molecule has 0 unspecified atom stereocenters. The van der Waals surface area contributed by atoms with Crippen molar-refractivity contribution in [1.82, 2.24) is 9.55 Å². The van der Waals surface area contributed by atoms with E-state index in [4.69, 9.17) is 11.6 Å². The Balaban J connectivity index is 1.77. The second-order valence-electron chi connectivity index (χ2n) is 9.70. The minimum absolute atomic E-state index is 0.0450. The van der Waals surface area contributed by atoms with Gasteiger partial charge in [0, 0.05) is 11.7 Å². The quantitative estimate of drug-likeness (QED) is 0.385. The number of fused-ring (bicyclic) bond motifs is 1. The number of carbonyl (C=O) groups is 1. The van der Waals surface area contributed by atoms with Crippen molar-refractivity contribution in [2.45, 2.75) is 52.4 Å². The molecule has 34 heavy (non-hydrogen) atoms. The average Bonchev–Trinajstić information content (AvgIpc) is 3.02. The minimum atomic E-state index is -4.77. The van der Waals surface area contributed by atoms with E-state index < -0.39 is 12.3 Å². The third-order valence-electron chi connectivity index (χ3n) is 6.08. The Bertz CT molecular complexity index is 1220. The summed E-state index contributed by atoms with van der Waals surface area (Å²) in [6.07, 6.45) is -1.90. The van der Waals surface area contributed by atoms with Crippen molar-refractivity contribution >= 4 is 40.2 Å². The number of aromatic nitrogens is 2. The zero-order valence-electron chi connectivity index (χ0n) is 18.9. The van der Waals surface area contributed by atoms with Crippen LogP contribution in [0.3, 0.4) is 0 Å². The van der Waals surface area contributed by atoms with Gasteiger partial charge in [-0.05, 0) is 67.0 Å². The van der Waals surface area contributed by atoms with Crippen LogP contribution in [-0.4, -0.2) is 27.0 Å². The van der Waals surface area contributed by atoms with Crippen LogP contribution in [0.2, 0.25) is 5.02 Å². The van der Waals surface area contributed by atoms with Crippen LogP contribution >= 0.6 is 11.6 Å². The van der Waals surface area contributed by atoms with Crippen LogP contribution in [0.5, 0.6) is 5.75 Å². The van der Waals surface area contributed by atoms with Gasteiger partial charge in [-0.25, -0.2) is 9.78 Å². The molecule has 182 valence electrons. The van der Waals surface area contributed by atoms with Crippen LogP contribution in [0.15, 0.2) is 36.4 Å². The van der Waals surface area contributed by atoms with Gasteiger partial charge in [0.15, 0.2) is 0 Å². The van der Waals surface area contributed by atoms with Gasteiger partial charge in [-0.3, -0.25) is 0 Å². The molecule has 1 fully saturated rings. The highest BCUT2D eigenvalue weighted by Crippen LogP contribution is 2.46. The average molecular weight is 496 g/mol. The number of nitrogens with one attached hydrogen (secondary N) is 1. The maximum Gasteiger partial charge on any atom is 0.573 e. The van der Waals surface area contributed by atoms with E-state index in [1.165, 1.54) is 30.3 Å². The van der Waals surface area contributed by atoms with E-state index in [0.717, 1.165) is 19.3 Å². The molecule has 10 heteroatoms. The maximum atomic E-state index is 12.5. The Hall–Kier alpha value is -2.94. The smallest absolute Gasteiger partial charge is 0.478 e. The van der Waals surface area contributed by atoms with Gasteiger partial charge >= 0.3 is 12.3 Å². The summed E-state index contributed by atoms with van der Waals surface area (Å²) >= 11 is 6.29. The molecule has 2 atom stereocenters.